The number of fused-ring (bicyclic) bond motifs is 1. The Labute approximate surface area is 237 Å². The van der Waals surface area contributed by atoms with Gasteiger partial charge in [0.25, 0.3) is 5.89 Å². The molecule has 0 aliphatic carbocycles. The van der Waals surface area contributed by atoms with Crippen molar-refractivity contribution in [3.05, 3.63) is 58.7 Å². The molecular weight excluding hydrogens is 559 g/mol. The lowest BCUT2D eigenvalue weighted by molar-refractivity contribution is -0.119. The molecule has 0 unspecified atom stereocenters. The topological polar surface area (TPSA) is 126 Å². The molecule has 13 heteroatoms. The minimum Gasteiger partial charge on any atom is -0.420 e. The van der Waals surface area contributed by atoms with Crippen LogP contribution in [-0.2, 0) is 26.6 Å². The Kier molecular flexibility index (Phi) is 7.75. The van der Waals surface area contributed by atoms with E-state index >= 15 is 4.39 Å². The number of piperazine rings is 1. The van der Waals surface area contributed by atoms with E-state index in [1.165, 1.54) is 11.0 Å². The average molecular weight is 591 g/mol. The normalized spacial score (nSPS) is 20.4. The molecule has 5 rings (SSSR count). The highest BCUT2D eigenvalue weighted by molar-refractivity contribution is 7.91. The first-order valence-corrected chi connectivity index (χ1v) is 15.0. The number of nitrogens with two attached hydrogens (primary N) is 1. The molecule has 0 radical (unpaired) electrons. The third-order valence-corrected chi connectivity index (χ3v) is 9.41. The number of hydrogen-bond donors (Lipinski definition) is 1. The van der Waals surface area contributed by atoms with Crippen LogP contribution in [0.2, 0.25) is 5.02 Å². The Morgan fingerprint density at radius 1 is 1.12 bits per heavy atom. The van der Waals surface area contributed by atoms with Crippen molar-refractivity contribution >= 4 is 33.0 Å². The predicted octanol–water partition coefficient (Wildman–Crippen LogP) is 2.70. The first-order chi connectivity index (χ1) is 18.8. The van der Waals surface area contributed by atoms with Gasteiger partial charge in [0.05, 0.1) is 39.9 Å². The molecule has 0 bridgehead atoms. The highest BCUT2D eigenvalue weighted by Crippen LogP contribution is 2.37. The molecule has 1 saturated heterocycles. The van der Waals surface area contributed by atoms with Crippen molar-refractivity contribution in [2.24, 2.45) is 5.73 Å². The summed E-state index contributed by atoms with van der Waals surface area (Å²) in [5.74, 6) is -1.87. The third-order valence-electron chi connectivity index (χ3n) is 7.36. The fourth-order valence-electron chi connectivity index (χ4n) is 5.06. The van der Waals surface area contributed by atoms with Gasteiger partial charge in [-0.2, -0.15) is 0 Å². The predicted molar refractivity (Wildman–Crippen MR) is 149 cm³/mol. The van der Waals surface area contributed by atoms with Gasteiger partial charge >= 0.3 is 0 Å². The Bertz CT molecular complexity index is 1520. The Balaban J connectivity index is 1.52. The van der Waals surface area contributed by atoms with E-state index in [1.54, 1.807) is 24.3 Å². The van der Waals surface area contributed by atoms with Crippen LogP contribution >= 0.6 is 11.6 Å². The van der Waals surface area contributed by atoms with Gasteiger partial charge in [-0.15, -0.1) is 10.2 Å². The number of halogens is 2. The molecule has 1 amide bonds. The van der Waals surface area contributed by atoms with Gasteiger partial charge in [-0.1, -0.05) is 23.7 Å². The van der Waals surface area contributed by atoms with E-state index in [4.69, 9.17) is 21.8 Å². The number of aromatic nitrogens is 2. The number of hydrogen-bond acceptors (Lipinski definition) is 9. The second-order valence-corrected chi connectivity index (χ2v) is 13.6. The summed E-state index contributed by atoms with van der Waals surface area (Å²) in [4.78, 5) is 18.8. The Morgan fingerprint density at radius 3 is 2.48 bits per heavy atom. The van der Waals surface area contributed by atoms with Gasteiger partial charge in [0.2, 0.25) is 11.8 Å². The molecule has 2 N–H and O–H groups in total. The standard InChI is InChI=1S/C27H32ClFN6O4S/c1-27(2,16-34-10-8-33(3)9-11-34)26-32-31-24(39-26)19-12-22-23(13-20(19)29)40(37,38)15-21(30)25(36)35(22)14-17-4-6-18(28)7-5-17/h4-7,12-13,21H,8-11,14-16,30H2,1-3H3/t21-/m0/s1. The van der Waals surface area contributed by atoms with Crippen LogP contribution in [0.25, 0.3) is 11.5 Å². The van der Waals surface area contributed by atoms with Gasteiger partial charge < -0.3 is 20.0 Å². The number of rotatable bonds is 6. The largest absolute Gasteiger partial charge is 0.420 e. The van der Waals surface area contributed by atoms with Gasteiger partial charge in [-0.3, -0.25) is 9.69 Å². The van der Waals surface area contributed by atoms with Crippen LogP contribution < -0.4 is 10.6 Å². The molecule has 40 heavy (non-hydrogen) atoms. The Morgan fingerprint density at radius 2 is 1.80 bits per heavy atom. The van der Waals surface area contributed by atoms with Crippen molar-refractivity contribution in [2.75, 3.05) is 50.4 Å². The maximum Gasteiger partial charge on any atom is 0.250 e. The van der Waals surface area contributed by atoms with Crippen molar-refractivity contribution in [1.29, 1.82) is 0 Å². The average Bonchev–Trinajstić information content (AvgIpc) is 3.38. The van der Waals surface area contributed by atoms with Gasteiger partial charge in [0.15, 0.2) is 9.84 Å². The minimum absolute atomic E-state index is 0.000691. The molecule has 3 heterocycles. The van der Waals surface area contributed by atoms with Crippen molar-refractivity contribution < 1.29 is 22.0 Å². The summed E-state index contributed by atoms with van der Waals surface area (Å²) in [7, 11) is -1.99. The van der Waals surface area contributed by atoms with E-state index in [0.29, 0.717) is 23.0 Å². The molecular formula is C27H32ClFN6O4S. The molecule has 1 fully saturated rings. The lowest BCUT2D eigenvalue weighted by Gasteiger charge is -2.36. The monoisotopic (exact) mass is 590 g/mol. The van der Waals surface area contributed by atoms with Gasteiger partial charge in [-0.25, -0.2) is 12.8 Å². The van der Waals surface area contributed by atoms with Crippen molar-refractivity contribution in [3.63, 3.8) is 0 Å². The molecule has 2 aliphatic rings. The zero-order chi connectivity index (χ0) is 28.8. The number of carbonyl (C=O) groups is 1. The summed E-state index contributed by atoms with van der Waals surface area (Å²) < 4.78 is 47.7. The molecule has 1 atom stereocenters. The molecule has 0 spiro atoms. The van der Waals surface area contributed by atoms with Crippen molar-refractivity contribution in [3.8, 4) is 11.5 Å². The first kappa shape index (κ1) is 28.6. The SMILES string of the molecule is CN1CCN(CC(C)(C)c2nnc(-c3cc4c(cc3F)S(=O)(=O)C[C@H](N)C(=O)N4Cc3ccc(Cl)cc3)o2)CC1. The summed E-state index contributed by atoms with van der Waals surface area (Å²) >= 11 is 6.00. The van der Waals surface area contributed by atoms with E-state index in [-0.39, 0.29) is 28.6 Å². The molecule has 214 valence electrons. The van der Waals surface area contributed by atoms with Crippen LogP contribution in [-0.4, -0.2) is 85.9 Å². The first-order valence-electron chi connectivity index (χ1n) is 13.0. The number of benzene rings is 2. The van der Waals surface area contributed by atoms with Crippen LogP contribution in [0.15, 0.2) is 45.7 Å². The maximum absolute atomic E-state index is 15.5. The van der Waals surface area contributed by atoms with Gasteiger partial charge in [0, 0.05) is 37.7 Å². The zero-order valence-electron chi connectivity index (χ0n) is 22.6. The van der Waals surface area contributed by atoms with Crippen LogP contribution in [0.5, 0.6) is 0 Å². The second kappa shape index (κ2) is 10.8. The molecule has 3 aromatic rings. The molecule has 2 aliphatic heterocycles. The highest BCUT2D eigenvalue weighted by Gasteiger charge is 2.38. The minimum atomic E-state index is -4.08. The highest BCUT2D eigenvalue weighted by atomic mass is 35.5. The van der Waals surface area contributed by atoms with Gasteiger partial charge in [0.1, 0.15) is 5.82 Å². The zero-order valence-corrected chi connectivity index (χ0v) is 24.2. The lowest BCUT2D eigenvalue weighted by Crippen LogP contribution is -2.48. The number of anilines is 1. The van der Waals surface area contributed by atoms with Crippen LogP contribution in [0.1, 0.15) is 25.3 Å². The lowest BCUT2D eigenvalue weighted by atomic mass is 9.92. The molecule has 10 nitrogen and oxygen atoms in total. The molecule has 2 aromatic carbocycles. The maximum atomic E-state index is 15.5. The summed E-state index contributed by atoms with van der Waals surface area (Å²) in [6.07, 6.45) is 0. The third kappa shape index (κ3) is 5.77. The van der Waals surface area contributed by atoms with E-state index < -0.39 is 38.8 Å². The smallest absolute Gasteiger partial charge is 0.250 e. The van der Waals surface area contributed by atoms with Crippen LogP contribution in [0.3, 0.4) is 0 Å². The molecule has 0 saturated carbocycles. The number of carbonyl (C=O) groups excluding carboxylic acids is 1. The fraction of sp³-hybridized carbons (Fsp3) is 0.444. The number of amides is 1. The fourth-order valence-corrected chi connectivity index (χ4v) is 6.75. The van der Waals surface area contributed by atoms with Crippen molar-refractivity contribution in [1.82, 2.24) is 20.0 Å². The second-order valence-electron chi connectivity index (χ2n) is 11.1. The summed E-state index contributed by atoms with van der Waals surface area (Å²) in [6, 6.07) is 7.63. The Hall–Kier alpha value is -2.90. The van der Waals surface area contributed by atoms with Gasteiger partial charge in [-0.05, 0) is 50.7 Å². The van der Waals surface area contributed by atoms with Crippen molar-refractivity contribution in [2.45, 2.75) is 36.7 Å². The van der Waals surface area contributed by atoms with Crippen LogP contribution in [0, 0.1) is 5.82 Å². The van der Waals surface area contributed by atoms with E-state index in [2.05, 4.69) is 27.0 Å². The molecule has 1 aromatic heterocycles. The summed E-state index contributed by atoms with van der Waals surface area (Å²) in [6.45, 7) is 8.39. The number of nitrogens with zero attached hydrogens (tertiary/aromatic N) is 5. The number of likely N-dealkylation sites (N-methyl/N-ethyl adjacent to an activating group) is 1. The summed E-state index contributed by atoms with van der Waals surface area (Å²) in [5.41, 5.74) is 6.06. The van der Waals surface area contributed by atoms with E-state index in [9.17, 15) is 13.2 Å². The van der Waals surface area contributed by atoms with E-state index in [1.807, 2.05) is 13.8 Å². The number of sulfone groups is 1. The quantitative estimate of drug-likeness (QED) is 0.461. The van der Waals surface area contributed by atoms with E-state index in [0.717, 1.165) is 32.2 Å². The van der Waals surface area contributed by atoms with Crippen LogP contribution in [0.4, 0.5) is 10.1 Å². The summed E-state index contributed by atoms with van der Waals surface area (Å²) in [5, 5.41) is 8.83.